The van der Waals surface area contributed by atoms with E-state index in [0.29, 0.717) is 46.1 Å². The lowest BCUT2D eigenvalue weighted by Crippen LogP contribution is -2.37. The summed E-state index contributed by atoms with van der Waals surface area (Å²) in [7, 11) is 1.62. The lowest BCUT2D eigenvalue weighted by atomic mass is 10.4. The minimum atomic E-state index is -1.06. The number of hydrogen-bond donors (Lipinski definition) is 0. The predicted octanol–water partition coefficient (Wildman–Crippen LogP) is 1.48. The van der Waals surface area contributed by atoms with Crippen LogP contribution in [-0.2, 0) is 19.0 Å². The molecule has 1 amide bonds. The first kappa shape index (κ1) is 18.7. The molecule has 0 spiro atoms. The number of amides is 1. The average Bonchev–Trinajstić information content (AvgIpc) is 2.39. The lowest BCUT2D eigenvalue weighted by Gasteiger charge is -2.21. The molecule has 0 atom stereocenters. The zero-order chi connectivity index (χ0) is 14.5. The van der Waals surface area contributed by atoms with Crippen molar-refractivity contribution < 1.29 is 19.0 Å². The van der Waals surface area contributed by atoms with E-state index in [1.165, 1.54) is 4.90 Å². The van der Waals surface area contributed by atoms with Crippen LogP contribution in [0.2, 0.25) is 0 Å². The number of carbonyl (C=O) groups is 1. The first-order valence-corrected chi connectivity index (χ1v) is 6.83. The zero-order valence-electron chi connectivity index (χ0n) is 11.1. The molecule has 0 rings (SSSR count). The van der Waals surface area contributed by atoms with Crippen molar-refractivity contribution in [3.63, 3.8) is 0 Å². The molecule has 0 aliphatic heterocycles. The summed E-state index contributed by atoms with van der Waals surface area (Å²) in [6.07, 6.45) is 1.61. The molecule has 0 aromatic rings. The van der Waals surface area contributed by atoms with Gasteiger partial charge in [-0.15, -0.1) is 6.58 Å². The van der Waals surface area contributed by atoms with E-state index in [1.807, 2.05) is 0 Å². The van der Waals surface area contributed by atoms with E-state index in [2.05, 4.69) is 6.58 Å². The standard InChI is InChI=1S/C12H21Cl2NO4/c1-3-4-15(12(16)11(13)14)5-6-18-9-10-19-8-7-17-2/h3,11H,1,4-10H2,2H3. The molecule has 0 bridgehead atoms. The molecule has 19 heavy (non-hydrogen) atoms. The Morgan fingerprint density at radius 2 is 1.79 bits per heavy atom. The third-order valence-corrected chi connectivity index (χ3v) is 2.53. The van der Waals surface area contributed by atoms with Crippen molar-refractivity contribution in [2.45, 2.75) is 4.84 Å². The molecule has 5 nitrogen and oxygen atoms in total. The van der Waals surface area contributed by atoms with Crippen molar-refractivity contribution >= 4 is 29.1 Å². The molecule has 0 saturated heterocycles. The minimum absolute atomic E-state index is 0.344. The van der Waals surface area contributed by atoms with E-state index in [4.69, 9.17) is 37.4 Å². The molecule has 0 heterocycles. The van der Waals surface area contributed by atoms with Crippen LogP contribution in [0.25, 0.3) is 0 Å². The van der Waals surface area contributed by atoms with Crippen molar-refractivity contribution in [3.05, 3.63) is 12.7 Å². The highest BCUT2D eigenvalue weighted by Crippen LogP contribution is 2.06. The molecule has 0 unspecified atom stereocenters. The zero-order valence-corrected chi connectivity index (χ0v) is 12.7. The number of halogens is 2. The number of nitrogens with zero attached hydrogens (tertiary/aromatic N) is 1. The van der Waals surface area contributed by atoms with Crippen molar-refractivity contribution in [3.8, 4) is 0 Å². The summed E-state index contributed by atoms with van der Waals surface area (Å²) in [5, 5.41) is 0. The number of rotatable bonds is 12. The maximum atomic E-state index is 11.6. The van der Waals surface area contributed by atoms with E-state index in [9.17, 15) is 4.79 Å². The lowest BCUT2D eigenvalue weighted by molar-refractivity contribution is -0.129. The summed E-state index contributed by atoms with van der Waals surface area (Å²) in [5.74, 6) is -0.344. The fraction of sp³-hybridized carbons (Fsp3) is 0.750. The molecule has 0 N–H and O–H groups in total. The van der Waals surface area contributed by atoms with Gasteiger partial charge in [-0.3, -0.25) is 4.79 Å². The Balaban J connectivity index is 3.64. The molecule has 0 aromatic heterocycles. The molecule has 112 valence electrons. The Labute approximate surface area is 124 Å². The Morgan fingerprint density at radius 1 is 1.21 bits per heavy atom. The van der Waals surface area contributed by atoms with Gasteiger partial charge in [0, 0.05) is 20.2 Å². The van der Waals surface area contributed by atoms with Gasteiger partial charge in [-0.05, 0) is 0 Å². The monoisotopic (exact) mass is 313 g/mol. The Hall–Kier alpha value is -0.330. The molecule has 0 fully saturated rings. The van der Waals surface area contributed by atoms with Gasteiger partial charge >= 0.3 is 0 Å². The first-order chi connectivity index (χ1) is 9.13. The summed E-state index contributed by atoms with van der Waals surface area (Å²) < 4.78 is 15.4. The topological polar surface area (TPSA) is 48.0 Å². The van der Waals surface area contributed by atoms with Crippen LogP contribution in [0.3, 0.4) is 0 Å². The normalized spacial score (nSPS) is 10.7. The van der Waals surface area contributed by atoms with Crippen LogP contribution in [0.5, 0.6) is 0 Å². The fourth-order valence-corrected chi connectivity index (χ4v) is 1.50. The van der Waals surface area contributed by atoms with Gasteiger partial charge in [0.2, 0.25) is 0 Å². The van der Waals surface area contributed by atoms with Crippen LogP contribution in [0.15, 0.2) is 12.7 Å². The van der Waals surface area contributed by atoms with E-state index >= 15 is 0 Å². The maximum absolute atomic E-state index is 11.6. The number of ether oxygens (including phenoxy) is 3. The first-order valence-electron chi connectivity index (χ1n) is 5.95. The van der Waals surface area contributed by atoms with Gasteiger partial charge in [0.1, 0.15) is 0 Å². The largest absolute Gasteiger partial charge is 0.382 e. The minimum Gasteiger partial charge on any atom is -0.382 e. The molecule has 0 aliphatic rings. The highest BCUT2D eigenvalue weighted by molar-refractivity contribution is 6.53. The fourth-order valence-electron chi connectivity index (χ4n) is 1.22. The Bertz CT molecular complexity index is 252. The van der Waals surface area contributed by atoms with Crippen molar-refractivity contribution in [2.24, 2.45) is 0 Å². The van der Waals surface area contributed by atoms with Gasteiger partial charge in [-0.2, -0.15) is 0 Å². The molecule has 0 saturated carbocycles. The Morgan fingerprint density at radius 3 is 2.32 bits per heavy atom. The third-order valence-electron chi connectivity index (χ3n) is 2.16. The van der Waals surface area contributed by atoms with Crippen LogP contribution < -0.4 is 0 Å². The van der Waals surface area contributed by atoms with E-state index in [-0.39, 0.29) is 5.91 Å². The molecule has 0 aromatic carbocycles. The smallest absolute Gasteiger partial charge is 0.256 e. The van der Waals surface area contributed by atoms with Gasteiger partial charge in [0.25, 0.3) is 5.91 Å². The Kier molecular flexibility index (Phi) is 12.5. The molecular formula is C12H21Cl2NO4. The molecule has 0 radical (unpaired) electrons. The third kappa shape index (κ3) is 10.2. The number of alkyl halides is 2. The number of methoxy groups -OCH3 is 1. The van der Waals surface area contributed by atoms with Gasteiger partial charge in [0.15, 0.2) is 4.84 Å². The van der Waals surface area contributed by atoms with E-state index < -0.39 is 4.84 Å². The van der Waals surface area contributed by atoms with Crippen LogP contribution in [-0.4, -0.2) is 68.9 Å². The molecular weight excluding hydrogens is 293 g/mol. The predicted molar refractivity (Wildman–Crippen MR) is 75.8 cm³/mol. The van der Waals surface area contributed by atoms with Crippen LogP contribution in [0.4, 0.5) is 0 Å². The van der Waals surface area contributed by atoms with E-state index in [0.717, 1.165) is 0 Å². The summed E-state index contributed by atoms with van der Waals surface area (Å²) in [6, 6.07) is 0. The molecule has 7 heteroatoms. The highest BCUT2D eigenvalue weighted by Gasteiger charge is 2.18. The van der Waals surface area contributed by atoms with Gasteiger partial charge in [-0.1, -0.05) is 29.3 Å². The second kappa shape index (κ2) is 12.7. The maximum Gasteiger partial charge on any atom is 0.256 e. The van der Waals surface area contributed by atoms with Gasteiger partial charge < -0.3 is 19.1 Å². The van der Waals surface area contributed by atoms with Crippen molar-refractivity contribution in [1.29, 1.82) is 0 Å². The highest BCUT2D eigenvalue weighted by atomic mass is 35.5. The van der Waals surface area contributed by atoms with E-state index in [1.54, 1.807) is 13.2 Å². The second-order valence-corrected chi connectivity index (χ2v) is 4.69. The second-order valence-electron chi connectivity index (χ2n) is 3.59. The van der Waals surface area contributed by atoms with Gasteiger partial charge in [-0.25, -0.2) is 0 Å². The van der Waals surface area contributed by atoms with Crippen LogP contribution in [0.1, 0.15) is 0 Å². The van der Waals surface area contributed by atoms with Crippen LogP contribution in [0, 0.1) is 0 Å². The summed E-state index contributed by atoms with van der Waals surface area (Å²) in [5.41, 5.74) is 0. The summed E-state index contributed by atoms with van der Waals surface area (Å²) in [4.78, 5) is 12.0. The average molecular weight is 314 g/mol. The summed E-state index contributed by atoms with van der Waals surface area (Å²) >= 11 is 11.1. The summed E-state index contributed by atoms with van der Waals surface area (Å²) in [6.45, 7) is 6.84. The van der Waals surface area contributed by atoms with Crippen molar-refractivity contribution in [1.82, 2.24) is 4.90 Å². The number of carbonyl (C=O) groups excluding carboxylic acids is 1. The quantitative estimate of drug-likeness (QED) is 0.311. The van der Waals surface area contributed by atoms with Crippen molar-refractivity contribution in [2.75, 3.05) is 53.2 Å². The van der Waals surface area contributed by atoms with Crippen LogP contribution >= 0.6 is 23.2 Å². The number of hydrogen-bond acceptors (Lipinski definition) is 4. The SMILES string of the molecule is C=CCN(CCOCCOCCOC)C(=O)C(Cl)Cl. The molecule has 0 aliphatic carbocycles. The van der Waals surface area contributed by atoms with Gasteiger partial charge in [0.05, 0.1) is 33.0 Å².